The number of hydrogen-bond donors (Lipinski definition) is 1. The van der Waals surface area contributed by atoms with Gasteiger partial charge in [-0.2, -0.15) is 0 Å². The zero-order chi connectivity index (χ0) is 16.4. The molecule has 2 atom stereocenters. The van der Waals surface area contributed by atoms with Gasteiger partial charge in [0.1, 0.15) is 11.6 Å². The molecule has 1 aromatic carbocycles. The predicted molar refractivity (Wildman–Crippen MR) is 78.9 cm³/mol. The van der Waals surface area contributed by atoms with Gasteiger partial charge in [-0.3, -0.25) is 4.79 Å². The number of hydrogen-bond acceptors (Lipinski definition) is 4. The zero-order valence-electron chi connectivity index (χ0n) is 12.4. The number of amides is 1. The van der Waals surface area contributed by atoms with E-state index in [1.165, 1.54) is 6.08 Å². The smallest absolute Gasteiger partial charge is 0.271 e. The fraction of sp³-hybridized carbons (Fsp3) is 0.375. The van der Waals surface area contributed by atoms with Gasteiger partial charge in [-0.05, 0) is 24.6 Å². The number of carbonyl (C=O) groups is 1. The Labute approximate surface area is 131 Å². The maximum atomic E-state index is 13.3. The molecule has 0 unspecified atom stereocenters. The number of ether oxygens (including phenoxy) is 1. The van der Waals surface area contributed by atoms with E-state index in [9.17, 15) is 13.6 Å². The molecule has 1 fully saturated rings. The summed E-state index contributed by atoms with van der Waals surface area (Å²) in [5.41, 5.74) is -0.842. The first-order valence-corrected chi connectivity index (χ1v) is 7.26. The van der Waals surface area contributed by atoms with Crippen LogP contribution in [0.1, 0.15) is 18.4 Å². The van der Waals surface area contributed by atoms with Crippen molar-refractivity contribution in [2.75, 3.05) is 13.2 Å². The van der Waals surface area contributed by atoms with Gasteiger partial charge in [0, 0.05) is 24.7 Å². The lowest BCUT2D eigenvalue weighted by Gasteiger charge is -2.23. The van der Waals surface area contributed by atoms with Crippen molar-refractivity contribution in [3.05, 3.63) is 48.1 Å². The van der Waals surface area contributed by atoms with Crippen LogP contribution in [0.3, 0.4) is 0 Å². The van der Waals surface area contributed by atoms with Crippen molar-refractivity contribution >= 4 is 11.6 Å². The largest absolute Gasteiger partial charge is 0.379 e. The van der Waals surface area contributed by atoms with E-state index in [0.29, 0.717) is 18.9 Å². The molecule has 2 aliphatic heterocycles. The zero-order valence-corrected chi connectivity index (χ0v) is 12.4. The summed E-state index contributed by atoms with van der Waals surface area (Å²) >= 11 is 0. The number of nitrogens with one attached hydrogen (secondary N) is 1. The predicted octanol–water partition coefficient (Wildman–Crippen LogP) is 1.92. The molecule has 0 aliphatic carbocycles. The molecule has 1 amide bonds. The van der Waals surface area contributed by atoms with Gasteiger partial charge in [0.25, 0.3) is 5.91 Å². The topological polar surface area (TPSA) is 59.9 Å². The van der Waals surface area contributed by atoms with Gasteiger partial charge >= 0.3 is 0 Å². The summed E-state index contributed by atoms with van der Waals surface area (Å²) in [6, 6.07) is 2.98. The lowest BCUT2D eigenvalue weighted by molar-refractivity contribution is -0.139. The van der Waals surface area contributed by atoms with Crippen LogP contribution in [0.2, 0.25) is 0 Å². The molecule has 0 spiro atoms. The minimum absolute atomic E-state index is 0.0544. The molecule has 1 N–H and O–H groups in total. The highest BCUT2D eigenvalue weighted by molar-refractivity contribution is 6.06. The summed E-state index contributed by atoms with van der Waals surface area (Å²) in [6.07, 6.45) is 2.13. The van der Waals surface area contributed by atoms with Crippen LogP contribution >= 0.6 is 0 Å². The third kappa shape index (κ3) is 3.10. The number of benzene rings is 1. The molecule has 23 heavy (non-hydrogen) atoms. The molecule has 1 aromatic rings. The Morgan fingerprint density at radius 3 is 2.74 bits per heavy atom. The normalized spacial score (nSPS) is 26.5. The number of halogens is 2. The molecule has 7 heteroatoms. The van der Waals surface area contributed by atoms with E-state index < -0.39 is 23.1 Å². The molecule has 2 aliphatic rings. The molecule has 0 radical (unpaired) electrons. The van der Waals surface area contributed by atoms with Crippen LogP contribution in [0, 0.1) is 11.6 Å². The molecule has 3 rings (SSSR count). The van der Waals surface area contributed by atoms with Gasteiger partial charge in [-0.1, -0.05) is 11.7 Å². The summed E-state index contributed by atoms with van der Waals surface area (Å²) in [7, 11) is 0. The number of nitrogens with zero attached hydrogens (tertiary/aromatic N) is 1. The van der Waals surface area contributed by atoms with E-state index in [-0.39, 0.29) is 18.0 Å². The number of rotatable bonds is 4. The van der Waals surface area contributed by atoms with Crippen molar-refractivity contribution in [3.63, 3.8) is 0 Å². The third-order valence-electron chi connectivity index (χ3n) is 3.92. The van der Waals surface area contributed by atoms with Crippen molar-refractivity contribution < 1.29 is 23.1 Å². The second-order valence-corrected chi connectivity index (χ2v) is 5.59. The van der Waals surface area contributed by atoms with Crippen LogP contribution in [0.5, 0.6) is 0 Å². The number of carbonyl (C=O) groups excluding carboxylic acids is 1. The minimum atomic E-state index is -1.37. The van der Waals surface area contributed by atoms with E-state index in [1.54, 1.807) is 0 Å². The van der Waals surface area contributed by atoms with Crippen LogP contribution in [-0.2, 0) is 14.4 Å². The first-order chi connectivity index (χ1) is 11.0. The van der Waals surface area contributed by atoms with Gasteiger partial charge in [0.2, 0.25) is 5.60 Å². The Bertz CT molecular complexity index is 651. The van der Waals surface area contributed by atoms with Crippen LogP contribution in [0.4, 0.5) is 8.78 Å². The van der Waals surface area contributed by atoms with Gasteiger partial charge in [0.05, 0.1) is 18.4 Å². The van der Waals surface area contributed by atoms with E-state index in [4.69, 9.17) is 9.57 Å². The van der Waals surface area contributed by atoms with Crippen LogP contribution in [-0.4, -0.2) is 36.5 Å². The fourth-order valence-electron chi connectivity index (χ4n) is 2.60. The first kappa shape index (κ1) is 15.6. The highest BCUT2D eigenvalue weighted by Crippen LogP contribution is 2.29. The third-order valence-corrected chi connectivity index (χ3v) is 3.92. The first-order valence-electron chi connectivity index (χ1n) is 7.26. The van der Waals surface area contributed by atoms with E-state index in [2.05, 4.69) is 17.1 Å². The minimum Gasteiger partial charge on any atom is -0.379 e. The van der Waals surface area contributed by atoms with Gasteiger partial charge in [-0.25, -0.2) is 8.78 Å². The molecule has 122 valence electrons. The van der Waals surface area contributed by atoms with Crippen molar-refractivity contribution in [1.29, 1.82) is 0 Å². The lowest BCUT2D eigenvalue weighted by atomic mass is 9.93. The summed E-state index contributed by atoms with van der Waals surface area (Å²) in [4.78, 5) is 17.8. The van der Waals surface area contributed by atoms with E-state index in [1.807, 2.05) is 0 Å². The molecule has 0 aromatic heterocycles. The van der Waals surface area contributed by atoms with Crippen LogP contribution in [0.25, 0.3) is 0 Å². The average Bonchev–Trinajstić information content (AvgIpc) is 3.15. The van der Waals surface area contributed by atoms with Crippen molar-refractivity contribution in [1.82, 2.24) is 5.32 Å². The standard InChI is InChI=1S/C16H16F2N2O3/c1-2-16(15(21)19-13-3-4-22-9-13)8-14(20-23-16)10-5-11(17)7-12(18)6-10/h2,5-7,13H,1,3-4,8-9H2,(H,19,21)/t13-,16+/m0/s1. The highest BCUT2D eigenvalue weighted by atomic mass is 19.1. The van der Waals surface area contributed by atoms with Crippen molar-refractivity contribution in [2.45, 2.75) is 24.5 Å². The van der Waals surface area contributed by atoms with Crippen LogP contribution in [0.15, 0.2) is 36.0 Å². The Kier molecular flexibility index (Phi) is 4.12. The molecule has 2 heterocycles. The summed E-state index contributed by atoms with van der Waals surface area (Å²) in [6.45, 7) is 4.68. The second-order valence-electron chi connectivity index (χ2n) is 5.59. The SMILES string of the molecule is C=C[C@]1(C(=O)N[C@H]2CCOC2)CC(c2cc(F)cc(F)c2)=NO1. The average molecular weight is 322 g/mol. The van der Waals surface area contributed by atoms with Gasteiger partial charge in [-0.15, -0.1) is 0 Å². The van der Waals surface area contributed by atoms with Gasteiger partial charge < -0.3 is 14.9 Å². The summed E-state index contributed by atoms with van der Waals surface area (Å²) in [5.74, 6) is -1.82. The Morgan fingerprint density at radius 2 is 2.13 bits per heavy atom. The Morgan fingerprint density at radius 1 is 1.39 bits per heavy atom. The quantitative estimate of drug-likeness (QED) is 0.862. The molecule has 5 nitrogen and oxygen atoms in total. The Hall–Kier alpha value is -2.28. The van der Waals surface area contributed by atoms with Crippen molar-refractivity contribution in [2.24, 2.45) is 5.16 Å². The second kappa shape index (κ2) is 6.08. The molecule has 0 bridgehead atoms. The maximum absolute atomic E-state index is 13.3. The molecule has 1 saturated heterocycles. The maximum Gasteiger partial charge on any atom is 0.271 e. The van der Waals surface area contributed by atoms with Crippen LogP contribution < -0.4 is 5.32 Å². The van der Waals surface area contributed by atoms with E-state index >= 15 is 0 Å². The monoisotopic (exact) mass is 322 g/mol. The van der Waals surface area contributed by atoms with Crippen molar-refractivity contribution in [3.8, 4) is 0 Å². The summed E-state index contributed by atoms with van der Waals surface area (Å²) < 4.78 is 31.9. The highest BCUT2D eigenvalue weighted by Gasteiger charge is 2.45. The number of oxime groups is 1. The summed E-state index contributed by atoms with van der Waals surface area (Å²) in [5, 5.41) is 6.65. The Balaban J connectivity index is 1.76. The molecular weight excluding hydrogens is 306 g/mol. The lowest BCUT2D eigenvalue weighted by Crippen LogP contribution is -2.49. The van der Waals surface area contributed by atoms with Gasteiger partial charge in [0.15, 0.2) is 0 Å². The van der Waals surface area contributed by atoms with E-state index in [0.717, 1.165) is 24.6 Å². The molecule has 0 saturated carbocycles. The molecular formula is C16H16F2N2O3. The fourth-order valence-corrected chi connectivity index (χ4v) is 2.60.